The van der Waals surface area contributed by atoms with Crippen molar-refractivity contribution in [2.24, 2.45) is 0 Å². The smallest absolute Gasteiger partial charge is 0.169 e. The number of thiocarbonyl (C=S) groups is 1. The van der Waals surface area contributed by atoms with Gasteiger partial charge in [-0.25, -0.2) is 0 Å². The Bertz CT molecular complexity index is 432. The summed E-state index contributed by atoms with van der Waals surface area (Å²) in [7, 11) is 6.16. The molecule has 20 heavy (non-hydrogen) atoms. The van der Waals surface area contributed by atoms with Gasteiger partial charge in [0, 0.05) is 20.1 Å². The second-order valence-corrected chi connectivity index (χ2v) is 6.24. The molecule has 1 N–H and O–H groups in total. The third kappa shape index (κ3) is 5.38. The maximum atomic E-state index is 5.41. The third-order valence-electron chi connectivity index (χ3n) is 2.99. The standard InChI is InChI=1S/C13H24BrN5S/c1-5-19-12(11(14)9-16-19)10-18(4)13(20)15-7-6-8-17(2)3/h9H,5-8,10H2,1-4H3,(H,15,20). The van der Waals surface area contributed by atoms with E-state index in [2.05, 4.69) is 52.3 Å². The molecule has 0 saturated heterocycles. The first-order valence-corrected chi connectivity index (χ1v) is 7.99. The van der Waals surface area contributed by atoms with Gasteiger partial charge in [0.2, 0.25) is 0 Å². The van der Waals surface area contributed by atoms with Crippen molar-refractivity contribution in [1.29, 1.82) is 0 Å². The van der Waals surface area contributed by atoms with E-state index in [0.29, 0.717) is 0 Å². The molecule has 0 saturated carbocycles. The molecule has 5 nitrogen and oxygen atoms in total. The van der Waals surface area contributed by atoms with Gasteiger partial charge in [-0.1, -0.05) is 0 Å². The van der Waals surface area contributed by atoms with Crippen molar-refractivity contribution < 1.29 is 0 Å². The predicted molar refractivity (Wildman–Crippen MR) is 90.8 cm³/mol. The molecule has 0 spiro atoms. The maximum absolute atomic E-state index is 5.41. The Morgan fingerprint density at radius 2 is 2.15 bits per heavy atom. The van der Waals surface area contributed by atoms with Crippen LogP contribution in [0.5, 0.6) is 0 Å². The average Bonchev–Trinajstić information content (AvgIpc) is 2.75. The normalized spacial score (nSPS) is 10.9. The largest absolute Gasteiger partial charge is 0.363 e. The van der Waals surface area contributed by atoms with E-state index in [1.165, 1.54) is 0 Å². The van der Waals surface area contributed by atoms with E-state index in [4.69, 9.17) is 12.2 Å². The zero-order valence-electron chi connectivity index (χ0n) is 12.7. The molecule has 0 fully saturated rings. The number of aryl methyl sites for hydroxylation is 1. The summed E-state index contributed by atoms with van der Waals surface area (Å²) in [5.74, 6) is 0. The van der Waals surface area contributed by atoms with E-state index in [1.54, 1.807) is 0 Å². The first-order chi connectivity index (χ1) is 9.45. The highest BCUT2D eigenvalue weighted by atomic mass is 79.9. The van der Waals surface area contributed by atoms with Crippen LogP contribution >= 0.6 is 28.1 Å². The third-order valence-corrected chi connectivity index (χ3v) is 4.11. The monoisotopic (exact) mass is 361 g/mol. The van der Waals surface area contributed by atoms with Crippen LogP contribution in [0.1, 0.15) is 19.0 Å². The Hall–Kier alpha value is -0.660. The summed E-state index contributed by atoms with van der Waals surface area (Å²) in [5, 5.41) is 8.39. The van der Waals surface area contributed by atoms with E-state index in [9.17, 15) is 0 Å². The van der Waals surface area contributed by atoms with Crippen LogP contribution in [0.3, 0.4) is 0 Å². The molecule has 0 aliphatic rings. The molecule has 0 aliphatic carbocycles. The van der Waals surface area contributed by atoms with Gasteiger partial charge in [-0.15, -0.1) is 0 Å². The Morgan fingerprint density at radius 3 is 2.75 bits per heavy atom. The van der Waals surface area contributed by atoms with Crippen LogP contribution in [0.25, 0.3) is 0 Å². The summed E-state index contributed by atoms with van der Waals surface area (Å²) in [6.45, 7) is 5.65. The zero-order chi connectivity index (χ0) is 15.1. The summed E-state index contributed by atoms with van der Waals surface area (Å²) in [5.41, 5.74) is 1.15. The quantitative estimate of drug-likeness (QED) is 0.593. The minimum Gasteiger partial charge on any atom is -0.363 e. The van der Waals surface area contributed by atoms with Crippen LogP contribution in [0, 0.1) is 0 Å². The van der Waals surface area contributed by atoms with Crippen molar-refractivity contribution >= 4 is 33.3 Å². The second-order valence-electron chi connectivity index (χ2n) is 5.00. The van der Waals surface area contributed by atoms with Crippen molar-refractivity contribution in [2.75, 3.05) is 34.2 Å². The van der Waals surface area contributed by atoms with Crippen molar-refractivity contribution in [3.05, 3.63) is 16.4 Å². The van der Waals surface area contributed by atoms with Gasteiger partial charge in [0.15, 0.2) is 5.11 Å². The lowest BCUT2D eigenvalue weighted by atomic mass is 10.4. The van der Waals surface area contributed by atoms with Crippen molar-refractivity contribution in [1.82, 2.24) is 24.9 Å². The van der Waals surface area contributed by atoms with Crippen LogP contribution < -0.4 is 5.32 Å². The lowest BCUT2D eigenvalue weighted by molar-refractivity contribution is 0.396. The fourth-order valence-electron chi connectivity index (χ4n) is 1.84. The fourth-order valence-corrected chi connectivity index (χ4v) is 2.43. The molecular weight excluding hydrogens is 338 g/mol. The molecule has 114 valence electrons. The molecule has 0 radical (unpaired) electrons. The minimum absolute atomic E-state index is 0.744. The van der Waals surface area contributed by atoms with Crippen molar-refractivity contribution in [2.45, 2.75) is 26.4 Å². The molecule has 0 amide bonds. The number of hydrogen-bond acceptors (Lipinski definition) is 3. The van der Waals surface area contributed by atoms with Gasteiger partial charge in [0.25, 0.3) is 0 Å². The van der Waals surface area contributed by atoms with E-state index in [0.717, 1.165) is 47.9 Å². The van der Waals surface area contributed by atoms with Gasteiger partial charge >= 0.3 is 0 Å². The average molecular weight is 362 g/mol. The lowest BCUT2D eigenvalue weighted by Crippen LogP contribution is -2.38. The number of nitrogens with zero attached hydrogens (tertiary/aromatic N) is 4. The van der Waals surface area contributed by atoms with Gasteiger partial charge < -0.3 is 15.1 Å². The summed E-state index contributed by atoms with van der Waals surface area (Å²) in [6, 6.07) is 0. The minimum atomic E-state index is 0.744. The van der Waals surface area contributed by atoms with Gasteiger partial charge in [-0.05, 0) is 62.1 Å². The number of rotatable bonds is 7. The number of aromatic nitrogens is 2. The molecule has 0 unspecified atom stereocenters. The molecular formula is C13H24BrN5S. The highest BCUT2D eigenvalue weighted by Crippen LogP contribution is 2.17. The van der Waals surface area contributed by atoms with E-state index < -0.39 is 0 Å². The predicted octanol–water partition coefficient (Wildman–Crippen LogP) is 1.92. The molecule has 1 heterocycles. The number of hydrogen-bond donors (Lipinski definition) is 1. The summed E-state index contributed by atoms with van der Waals surface area (Å²) < 4.78 is 3.01. The van der Waals surface area contributed by atoms with E-state index >= 15 is 0 Å². The van der Waals surface area contributed by atoms with E-state index in [1.807, 2.05) is 22.8 Å². The van der Waals surface area contributed by atoms with Gasteiger partial charge in [-0.3, -0.25) is 4.68 Å². The molecule has 0 atom stereocenters. The number of halogens is 1. The van der Waals surface area contributed by atoms with Crippen LogP contribution in [0.2, 0.25) is 0 Å². The first-order valence-electron chi connectivity index (χ1n) is 6.79. The first kappa shape index (κ1) is 17.4. The summed E-state index contributed by atoms with van der Waals surface area (Å²) in [4.78, 5) is 4.21. The van der Waals surface area contributed by atoms with Crippen LogP contribution in [-0.2, 0) is 13.1 Å². The topological polar surface area (TPSA) is 36.3 Å². The molecule has 0 bridgehead atoms. The molecule has 0 aromatic carbocycles. The lowest BCUT2D eigenvalue weighted by Gasteiger charge is -2.22. The Balaban J connectivity index is 2.43. The highest BCUT2D eigenvalue weighted by Gasteiger charge is 2.12. The van der Waals surface area contributed by atoms with Gasteiger partial charge in [0.05, 0.1) is 22.9 Å². The molecule has 1 aromatic rings. The van der Waals surface area contributed by atoms with Gasteiger partial charge in [0.1, 0.15) is 0 Å². The van der Waals surface area contributed by atoms with Gasteiger partial charge in [-0.2, -0.15) is 5.10 Å². The Labute approximate surface area is 135 Å². The SMILES string of the molecule is CCn1ncc(Br)c1CN(C)C(=S)NCCCN(C)C. The van der Waals surface area contributed by atoms with Crippen molar-refractivity contribution in [3.63, 3.8) is 0 Å². The van der Waals surface area contributed by atoms with Crippen LogP contribution in [0.15, 0.2) is 10.7 Å². The molecule has 7 heteroatoms. The molecule has 1 rings (SSSR count). The zero-order valence-corrected chi connectivity index (χ0v) is 15.1. The summed E-state index contributed by atoms with van der Waals surface area (Å²) >= 11 is 8.94. The Morgan fingerprint density at radius 1 is 1.45 bits per heavy atom. The fraction of sp³-hybridized carbons (Fsp3) is 0.692. The van der Waals surface area contributed by atoms with Crippen LogP contribution in [-0.4, -0.2) is 58.9 Å². The maximum Gasteiger partial charge on any atom is 0.169 e. The van der Waals surface area contributed by atoms with Crippen molar-refractivity contribution in [3.8, 4) is 0 Å². The number of nitrogens with one attached hydrogen (secondary N) is 1. The Kier molecular flexibility index (Phi) is 7.47. The second kappa shape index (κ2) is 8.59. The molecule has 1 aromatic heterocycles. The highest BCUT2D eigenvalue weighted by molar-refractivity contribution is 9.10. The molecule has 0 aliphatic heterocycles. The van der Waals surface area contributed by atoms with Crippen LogP contribution in [0.4, 0.5) is 0 Å². The summed E-state index contributed by atoms with van der Waals surface area (Å²) in [6.07, 6.45) is 2.91. The van der Waals surface area contributed by atoms with E-state index in [-0.39, 0.29) is 0 Å².